The molecule has 1 aliphatic rings. The second-order valence-corrected chi connectivity index (χ2v) is 6.28. The number of nitrogens with one attached hydrogen (secondary N) is 2. The van der Waals surface area contributed by atoms with Crippen LogP contribution in [0.4, 0.5) is 0 Å². The maximum atomic E-state index is 4.09. The van der Waals surface area contributed by atoms with Crippen molar-refractivity contribution in [3.63, 3.8) is 0 Å². The zero-order valence-electron chi connectivity index (χ0n) is 12.9. The van der Waals surface area contributed by atoms with E-state index in [0.29, 0.717) is 6.04 Å². The fraction of sp³-hybridized carbons (Fsp3) is 0.500. The highest BCUT2D eigenvalue weighted by Crippen LogP contribution is 2.17. The Bertz CT molecular complexity index is 410. The fourth-order valence-electron chi connectivity index (χ4n) is 1.81. The summed E-state index contributed by atoms with van der Waals surface area (Å²) in [5.74, 6) is 0. The lowest BCUT2D eigenvalue weighted by molar-refractivity contribution is 0.351. The van der Waals surface area contributed by atoms with Crippen LogP contribution >= 0.6 is 0 Å². The van der Waals surface area contributed by atoms with Gasteiger partial charge in [-0.15, -0.1) is 0 Å². The van der Waals surface area contributed by atoms with Gasteiger partial charge in [-0.3, -0.25) is 5.01 Å². The predicted octanol–water partition coefficient (Wildman–Crippen LogP) is 3.32. The Morgan fingerprint density at radius 3 is 2.58 bits per heavy atom. The van der Waals surface area contributed by atoms with Crippen molar-refractivity contribution in [3.05, 3.63) is 48.5 Å². The highest BCUT2D eigenvalue weighted by Gasteiger charge is 2.15. The molecule has 1 unspecified atom stereocenters. The largest absolute Gasteiger partial charge is 0.384 e. The van der Waals surface area contributed by atoms with Crippen molar-refractivity contribution < 1.29 is 0 Å². The lowest BCUT2D eigenvalue weighted by Gasteiger charge is -2.23. The minimum Gasteiger partial charge on any atom is -0.384 e. The molecule has 0 aromatic rings. The molecule has 0 saturated heterocycles. The molecule has 0 aliphatic carbocycles. The normalized spacial score (nSPS) is 20.3. The van der Waals surface area contributed by atoms with E-state index in [0.717, 1.165) is 17.8 Å². The Hall–Kier alpha value is -1.48. The summed E-state index contributed by atoms with van der Waals surface area (Å²) in [5.41, 5.74) is 6.66. The Morgan fingerprint density at radius 1 is 1.53 bits per heavy atom. The summed E-state index contributed by atoms with van der Waals surface area (Å²) < 4.78 is 0. The molecule has 0 aromatic carbocycles. The van der Waals surface area contributed by atoms with Gasteiger partial charge in [0, 0.05) is 35.8 Å². The molecule has 106 valence electrons. The van der Waals surface area contributed by atoms with Gasteiger partial charge in [-0.1, -0.05) is 40.0 Å². The molecule has 0 spiro atoms. The first-order valence-electron chi connectivity index (χ1n) is 6.74. The fourth-order valence-corrected chi connectivity index (χ4v) is 1.81. The molecule has 1 aliphatic heterocycles. The molecule has 1 rings (SSSR count). The number of hydrogen-bond acceptors (Lipinski definition) is 3. The Morgan fingerprint density at radius 2 is 2.16 bits per heavy atom. The van der Waals surface area contributed by atoms with Gasteiger partial charge in [0.1, 0.15) is 0 Å². The van der Waals surface area contributed by atoms with E-state index in [9.17, 15) is 0 Å². The molecule has 1 heterocycles. The summed E-state index contributed by atoms with van der Waals surface area (Å²) in [4.78, 5) is 0. The average Bonchev–Trinajstić information content (AvgIpc) is 2.60. The van der Waals surface area contributed by atoms with Crippen molar-refractivity contribution in [1.29, 1.82) is 0 Å². The van der Waals surface area contributed by atoms with Crippen LogP contribution in [0.5, 0.6) is 0 Å². The smallest absolute Gasteiger partial charge is 0.0438 e. The molecule has 2 N–H and O–H groups in total. The van der Waals surface area contributed by atoms with Gasteiger partial charge in [-0.25, -0.2) is 5.43 Å². The van der Waals surface area contributed by atoms with Crippen LogP contribution in [0.3, 0.4) is 0 Å². The van der Waals surface area contributed by atoms with Crippen molar-refractivity contribution in [2.24, 2.45) is 5.41 Å². The van der Waals surface area contributed by atoms with Crippen LogP contribution in [0.15, 0.2) is 48.5 Å². The van der Waals surface area contributed by atoms with Crippen LogP contribution in [-0.2, 0) is 0 Å². The van der Waals surface area contributed by atoms with Gasteiger partial charge < -0.3 is 5.32 Å². The van der Waals surface area contributed by atoms with E-state index in [1.165, 1.54) is 5.70 Å². The Labute approximate surface area is 117 Å². The summed E-state index contributed by atoms with van der Waals surface area (Å²) in [7, 11) is 0. The molecule has 3 heteroatoms. The molecule has 19 heavy (non-hydrogen) atoms. The van der Waals surface area contributed by atoms with Crippen LogP contribution in [0.25, 0.3) is 0 Å². The summed E-state index contributed by atoms with van der Waals surface area (Å²) in [5, 5.41) is 5.39. The van der Waals surface area contributed by atoms with Crippen molar-refractivity contribution in [1.82, 2.24) is 15.8 Å². The molecule has 0 radical (unpaired) electrons. The topological polar surface area (TPSA) is 27.3 Å². The van der Waals surface area contributed by atoms with Crippen molar-refractivity contribution in [2.45, 2.75) is 40.7 Å². The molecule has 0 fully saturated rings. The third-order valence-electron chi connectivity index (χ3n) is 2.88. The Kier molecular flexibility index (Phi) is 5.01. The van der Waals surface area contributed by atoms with Crippen molar-refractivity contribution in [3.8, 4) is 0 Å². The third-order valence-corrected chi connectivity index (χ3v) is 2.88. The highest BCUT2D eigenvalue weighted by molar-refractivity contribution is 5.36. The van der Waals surface area contributed by atoms with E-state index in [1.54, 1.807) is 0 Å². The minimum absolute atomic E-state index is 0.228. The van der Waals surface area contributed by atoms with E-state index < -0.39 is 0 Å². The predicted molar refractivity (Wildman–Crippen MR) is 83.1 cm³/mol. The summed E-state index contributed by atoms with van der Waals surface area (Å²) in [6.45, 7) is 19.6. The summed E-state index contributed by atoms with van der Waals surface area (Å²) >= 11 is 0. The quantitative estimate of drug-likeness (QED) is 0.743. The summed E-state index contributed by atoms with van der Waals surface area (Å²) in [6, 6.07) is 0.359. The Balaban J connectivity index is 2.70. The molecular formula is C16H27N3. The van der Waals surface area contributed by atoms with E-state index in [1.807, 2.05) is 17.3 Å². The number of hydrazine groups is 1. The monoisotopic (exact) mass is 261 g/mol. The van der Waals surface area contributed by atoms with E-state index in [2.05, 4.69) is 64.6 Å². The van der Waals surface area contributed by atoms with E-state index >= 15 is 0 Å². The zero-order valence-corrected chi connectivity index (χ0v) is 12.9. The standard InChI is InChI=1S/C16H27N3/c1-8-15(14(4)17-11-16(5,6)7)10-19-13(3)9-12(2)18-19/h8-10,12,17-18H,1,4,11H2,2-3,5-7H3/b15-10+. The first-order chi connectivity index (χ1) is 8.73. The molecule has 3 nitrogen and oxygen atoms in total. The lowest BCUT2D eigenvalue weighted by Crippen LogP contribution is -2.32. The van der Waals surface area contributed by atoms with Gasteiger partial charge in [0.05, 0.1) is 0 Å². The van der Waals surface area contributed by atoms with Crippen LogP contribution in [0.1, 0.15) is 34.6 Å². The number of nitrogens with zero attached hydrogens (tertiary/aromatic N) is 1. The maximum Gasteiger partial charge on any atom is 0.0438 e. The molecule has 0 bridgehead atoms. The van der Waals surface area contributed by atoms with Gasteiger partial charge >= 0.3 is 0 Å². The van der Waals surface area contributed by atoms with Crippen molar-refractivity contribution >= 4 is 0 Å². The number of rotatable bonds is 5. The molecule has 0 amide bonds. The highest BCUT2D eigenvalue weighted by atomic mass is 15.5. The van der Waals surface area contributed by atoms with E-state index in [-0.39, 0.29) is 5.41 Å². The second-order valence-electron chi connectivity index (χ2n) is 6.28. The second kappa shape index (κ2) is 6.11. The van der Waals surface area contributed by atoms with Crippen molar-refractivity contribution in [2.75, 3.05) is 6.54 Å². The summed E-state index contributed by atoms with van der Waals surface area (Å²) in [6.07, 6.45) is 6.04. The molecule has 1 atom stereocenters. The molecular weight excluding hydrogens is 234 g/mol. The van der Waals surface area contributed by atoms with Gasteiger partial charge in [-0.2, -0.15) is 0 Å². The van der Waals surface area contributed by atoms with Gasteiger partial charge in [-0.05, 0) is 25.3 Å². The van der Waals surface area contributed by atoms with Crippen LogP contribution in [0, 0.1) is 5.41 Å². The minimum atomic E-state index is 0.228. The lowest BCUT2D eigenvalue weighted by atomic mass is 9.96. The van der Waals surface area contributed by atoms with Crippen LogP contribution in [0.2, 0.25) is 0 Å². The molecule has 0 aromatic heterocycles. The maximum absolute atomic E-state index is 4.09. The first kappa shape index (κ1) is 15.6. The number of hydrogen-bond donors (Lipinski definition) is 2. The average molecular weight is 261 g/mol. The zero-order chi connectivity index (χ0) is 14.6. The van der Waals surface area contributed by atoms with E-state index in [4.69, 9.17) is 0 Å². The van der Waals surface area contributed by atoms with Crippen LogP contribution < -0.4 is 10.7 Å². The van der Waals surface area contributed by atoms with Gasteiger partial charge in [0.2, 0.25) is 0 Å². The third kappa shape index (κ3) is 4.95. The molecule has 0 saturated carbocycles. The van der Waals surface area contributed by atoms with Gasteiger partial charge in [0.15, 0.2) is 0 Å². The SMILES string of the molecule is C=C/C(=C\N1NC(C)C=C1C)C(=C)NCC(C)(C)C. The van der Waals surface area contributed by atoms with Crippen LogP contribution in [-0.4, -0.2) is 17.6 Å². The van der Waals surface area contributed by atoms with Gasteiger partial charge in [0.25, 0.3) is 0 Å². The first-order valence-corrected chi connectivity index (χ1v) is 6.74. The number of allylic oxidation sites excluding steroid dienone is 2.